The van der Waals surface area contributed by atoms with Crippen LogP contribution in [-0.2, 0) is 4.79 Å². The van der Waals surface area contributed by atoms with Gasteiger partial charge in [-0.3, -0.25) is 24.8 Å². The highest BCUT2D eigenvalue weighted by Crippen LogP contribution is 2.31. The quantitative estimate of drug-likeness (QED) is 0.248. The van der Waals surface area contributed by atoms with E-state index in [2.05, 4.69) is 45.8 Å². The van der Waals surface area contributed by atoms with E-state index in [9.17, 15) is 4.79 Å². The fraction of sp³-hybridized carbons (Fsp3) is 0.207. The molecule has 0 bridgehead atoms. The zero-order valence-electron chi connectivity index (χ0n) is 21.6. The van der Waals surface area contributed by atoms with Crippen LogP contribution in [0.2, 0.25) is 0 Å². The molecule has 0 spiro atoms. The highest BCUT2D eigenvalue weighted by atomic mass is 16.1. The third-order valence-electron chi connectivity index (χ3n) is 7.26. The third kappa shape index (κ3) is 4.67. The molecule has 6 aromatic heterocycles. The number of aromatic amines is 2. The lowest BCUT2D eigenvalue weighted by Crippen LogP contribution is -2.30. The van der Waals surface area contributed by atoms with Crippen LogP contribution in [0.3, 0.4) is 0 Å². The number of imidazole rings is 1. The van der Waals surface area contributed by atoms with E-state index in [0.29, 0.717) is 40.9 Å². The van der Waals surface area contributed by atoms with Gasteiger partial charge in [0.05, 0.1) is 40.5 Å². The average Bonchev–Trinajstić information content (AvgIpc) is 3.62. The van der Waals surface area contributed by atoms with E-state index < -0.39 is 0 Å². The largest absolute Gasteiger partial charge is 0.335 e. The van der Waals surface area contributed by atoms with E-state index >= 15 is 0 Å². The molecule has 0 aliphatic carbocycles. The molecule has 1 aliphatic rings. The molecule has 0 atom stereocenters. The molecule has 7 rings (SSSR count). The van der Waals surface area contributed by atoms with Gasteiger partial charge in [-0.1, -0.05) is 6.07 Å². The molecule has 40 heavy (non-hydrogen) atoms. The van der Waals surface area contributed by atoms with E-state index in [1.807, 2.05) is 36.4 Å². The Balaban J connectivity index is 1.19. The molecule has 0 unspecified atom stereocenters. The molecule has 11 nitrogen and oxygen atoms in total. The fourth-order valence-corrected chi connectivity index (χ4v) is 5.22. The Morgan fingerprint density at radius 2 is 1.90 bits per heavy atom. The topological polar surface area (TPSA) is 150 Å². The van der Waals surface area contributed by atoms with E-state index in [1.54, 1.807) is 31.0 Å². The second kappa shape index (κ2) is 10.3. The van der Waals surface area contributed by atoms with Crippen LogP contribution < -0.4 is 10.6 Å². The van der Waals surface area contributed by atoms with Crippen LogP contribution in [0.25, 0.3) is 56.1 Å². The first-order valence-electron chi connectivity index (χ1n) is 13.3. The Morgan fingerprint density at radius 3 is 2.77 bits per heavy atom. The monoisotopic (exact) mass is 530 g/mol. The maximum absolute atomic E-state index is 12.7. The van der Waals surface area contributed by atoms with Gasteiger partial charge in [0.25, 0.3) is 0 Å². The summed E-state index contributed by atoms with van der Waals surface area (Å²) in [5, 5.41) is 14.8. The highest BCUT2D eigenvalue weighted by Gasteiger charge is 2.19. The van der Waals surface area contributed by atoms with Crippen molar-refractivity contribution in [2.45, 2.75) is 19.3 Å². The standard InChI is InChI=1S/C29H26N10O/c40-25(11-17-4-8-30-9-5-17)35-19-12-18(14-31-15-19)23-13-21-24(16-34-23)38-39-27(21)29-36-26-20(6-10-33-28(26)37-29)22-3-1-2-7-32-22/h1-3,6-7,10,12-17,30H,4-5,8-9,11H2,(H,35,40)(H,38,39)(H,33,36,37). The van der Waals surface area contributed by atoms with Crippen molar-refractivity contribution < 1.29 is 4.79 Å². The number of anilines is 1. The highest BCUT2D eigenvalue weighted by molar-refractivity contribution is 5.96. The SMILES string of the molecule is O=C(CC1CCNCC1)Nc1cncc(-c2cc3c(-c4nc5nccc(-c6ccccn6)c5[nH]4)n[nH]c3cn2)c1. The summed E-state index contributed by atoms with van der Waals surface area (Å²) in [6.45, 7) is 1.93. The summed E-state index contributed by atoms with van der Waals surface area (Å²) in [4.78, 5) is 38.7. The molecule has 1 saturated heterocycles. The van der Waals surface area contributed by atoms with Crippen LogP contribution in [0.4, 0.5) is 5.69 Å². The van der Waals surface area contributed by atoms with Crippen molar-refractivity contribution in [3.05, 3.63) is 67.4 Å². The first kappa shape index (κ1) is 24.0. The molecule has 1 aliphatic heterocycles. The minimum Gasteiger partial charge on any atom is -0.335 e. The molecule has 0 radical (unpaired) electrons. The zero-order chi connectivity index (χ0) is 26.9. The number of amides is 1. The number of rotatable bonds is 6. The molecule has 6 aromatic rings. The van der Waals surface area contributed by atoms with Gasteiger partial charge in [-0.15, -0.1) is 0 Å². The number of pyridine rings is 4. The van der Waals surface area contributed by atoms with Gasteiger partial charge in [0.2, 0.25) is 5.91 Å². The number of carbonyl (C=O) groups is 1. The van der Waals surface area contributed by atoms with Crippen molar-refractivity contribution in [2.75, 3.05) is 18.4 Å². The second-order valence-corrected chi connectivity index (χ2v) is 9.95. The van der Waals surface area contributed by atoms with Gasteiger partial charge >= 0.3 is 0 Å². The summed E-state index contributed by atoms with van der Waals surface area (Å²) >= 11 is 0. The molecular weight excluding hydrogens is 504 g/mol. The van der Waals surface area contributed by atoms with Crippen molar-refractivity contribution in [3.8, 4) is 34.0 Å². The first-order valence-corrected chi connectivity index (χ1v) is 13.3. The van der Waals surface area contributed by atoms with Crippen molar-refractivity contribution >= 4 is 33.7 Å². The normalized spacial score (nSPS) is 14.1. The van der Waals surface area contributed by atoms with Crippen molar-refractivity contribution in [1.29, 1.82) is 0 Å². The summed E-state index contributed by atoms with van der Waals surface area (Å²) in [6.07, 6.45) is 11.2. The van der Waals surface area contributed by atoms with Gasteiger partial charge < -0.3 is 15.6 Å². The molecule has 11 heteroatoms. The number of hydrogen-bond donors (Lipinski definition) is 4. The van der Waals surface area contributed by atoms with Crippen LogP contribution >= 0.6 is 0 Å². The number of hydrogen-bond acceptors (Lipinski definition) is 8. The van der Waals surface area contributed by atoms with Gasteiger partial charge in [-0.25, -0.2) is 9.97 Å². The van der Waals surface area contributed by atoms with E-state index in [-0.39, 0.29) is 5.91 Å². The van der Waals surface area contributed by atoms with Crippen molar-refractivity contribution in [1.82, 2.24) is 45.4 Å². The summed E-state index contributed by atoms with van der Waals surface area (Å²) in [6, 6.07) is 11.6. The summed E-state index contributed by atoms with van der Waals surface area (Å²) in [5.41, 5.74) is 6.70. The molecule has 0 saturated carbocycles. The Bertz CT molecular complexity index is 1820. The Kier molecular flexibility index (Phi) is 6.17. The lowest BCUT2D eigenvalue weighted by Gasteiger charge is -2.21. The molecule has 0 aromatic carbocycles. The zero-order valence-corrected chi connectivity index (χ0v) is 21.6. The Morgan fingerprint density at radius 1 is 0.975 bits per heavy atom. The Labute approximate surface area is 228 Å². The van der Waals surface area contributed by atoms with Crippen LogP contribution in [-0.4, -0.2) is 59.1 Å². The third-order valence-corrected chi connectivity index (χ3v) is 7.26. The minimum absolute atomic E-state index is 0.00921. The second-order valence-electron chi connectivity index (χ2n) is 9.95. The summed E-state index contributed by atoms with van der Waals surface area (Å²) in [5.74, 6) is 1.01. The van der Waals surface area contributed by atoms with Gasteiger partial charge in [0.1, 0.15) is 5.69 Å². The Hall–Kier alpha value is -5.03. The van der Waals surface area contributed by atoms with E-state index in [0.717, 1.165) is 59.2 Å². The molecule has 1 amide bonds. The van der Waals surface area contributed by atoms with E-state index in [4.69, 9.17) is 4.98 Å². The molecule has 1 fully saturated rings. The van der Waals surface area contributed by atoms with Crippen LogP contribution in [0.5, 0.6) is 0 Å². The van der Waals surface area contributed by atoms with Crippen LogP contribution in [0.15, 0.2) is 67.4 Å². The number of carbonyl (C=O) groups excluding carboxylic acids is 1. The summed E-state index contributed by atoms with van der Waals surface area (Å²) < 4.78 is 0. The average molecular weight is 531 g/mol. The molecule has 4 N–H and O–H groups in total. The van der Waals surface area contributed by atoms with Gasteiger partial charge in [0.15, 0.2) is 11.5 Å². The van der Waals surface area contributed by atoms with Crippen LogP contribution in [0.1, 0.15) is 19.3 Å². The smallest absolute Gasteiger partial charge is 0.224 e. The van der Waals surface area contributed by atoms with Gasteiger partial charge in [-0.05, 0) is 62.2 Å². The predicted octanol–water partition coefficient (Wildman–Crippen LogP) is 4.35. The molecular formula is C29H26N10O. The number of fused-ring (bicyclic) bond motifs is 2. The number of H-pyrrole nitrogens is 2. The lowest BCUT2D eigenvalue weighted by molar-refractivity contribution is -0.117. The van der Waals surface area contributed by atoms with Gasteiger partial charge in [0, 0.05) is 41.5 Å². The predicted molar refractivity (Wildman–Crippen MR) is 152 cm³/mol. The molecule has 198 valence electrons. The number of piperidine rings is 1. The van der Waals surface area contributed by atoms with E-state index in [1.165, 1.54) is 0 Å². The lowest BCUT2D eigenvalue weighted by atomic mass is 9.94. The number of nitrogens with one attached hydrogen (secondary N) is 4. The maximum Gasteiger partial charge on any atom is 0.224 e. The fourth-order valence-electron chi connectivity index (χ4n) is 5.22. The van der Waals surface area contributed by atoms with Crippen molar-refractivity contribution in [3.63, 3.8) is 0 Å². The molecule has 7 heterocycles. The first-order chi connectivity index (χ1) is 19.7. The van der Waals surface area contributed by atoms with Gasteiger partial charge in [-0.2, -0.15) is 5.10 Å². The minimum atomic E-state index is 0.00921. The number of nitrogens with zero attached hydrogens (tertiary/aromatic N) is 6. The number of aromatic nitrogens is 8. The van der Waals surface area contributed by atoms with Crippen molar-refractivity contribution in [2.24, 2.45) is 5.92 Å². The maximum atomic E-state index is 12.7. The summed E-state index contributed by atoms with van der Waals surface area (Å²) in [7, 11) is 0. The van der Waals surface area contributed by atoms with Crippen LogP contribution in [0, 0.1) is 5.92 Å².